The molecule has 11 nitrogen and oxygen atoms in total. The second kappa shape index (κ2) is 9.24. The number of hydrogen-bond acceptors (Lipinski definition) is 10. The van der Waals surface area contributed by atoms with Gasteiger partial charge in [0.05, 0.1) is 35.0 Å². The minimum Gasteiger partial charge on any atom is -0.497 e. The van der Waals surface area contributed by atoms with Gasteiger partial charge in [-0.05, 0) is 48.2 Å². The number of nitro benzene ring substituents is 1. The van der Waals surface area contributed by atoms with Crippen LogP contribution in [0.5, 0.6) is 5.75 Å². The molecule has 0 amide bonds. The average molecular weight is 479 g/mol. The number of aromatic nitrogens is 2. The van der Waals surface area contributed by atoms with Gasteiger partial charge >= 0.3 is 0 Å². The Morgan fingerprint density at radius 3 is 2.50 bits per heavy atom. The van der Waals surface area contributed by atoms with E-state index in [0.29, 0.717) is 11.3 Å². The third kappa shape index (κ3) is 4.60. The molecule has 0 aliphatic carbocycles. The van der Waals surface area contributed by atoms with Crippen LogP contribution in [0.3, 0.4) is 0 Å². The van der Waals surface area contributed by atoms with Gasteiger partial charge in [-0.1, -0.05) is 0 Å². The summed E-state index contributed by atoms with van der Waals surface area (Å²) < 4.78 is 42.8. The molecule has 0 atom stereocenters. The quantitative estimate of drug-likeness (QED) is 0.368. The zero-order valence-corrected chi connectivity index (χ0v) is 18.5. The van der Waals surface area contributed by atoms with Crippen molar-refractivity contribution in [3.8, 4) is 17.2 Å². The minimum atomic E-state index is -3.87. The molecule has 0 N–H and O–H groups in total. The highest BCUT2D eigenvalue weighted by molar-refractivity contribution is 7.99. The van der Waals surface area contributed by atoms with Crippen LogP contribution in [-0.2, 0) is 14.8 Å². The molecule has 2 heterocycles. The van der Waals surface area contributed by atoms with Crippen molar-refractivity contribution in [3.05, 3.63) is 52.6 Å². The maximum Gasteiger partial charge on any atom is 0.284 e. The first-order valence-corrected chi connectivity index (χ1v) is 11.7. The Bertz CT molecular complexity index is 1220. The molecule has 0 radical (unpaired) electrons. The Hall–Kier alpha value is -3.00. The monoisotopic (exact) mass is 478 g/mol. The third-order valence-corrected chi connectivity index (χ3v) is 7.47. The summed E-state index contributed by atoms with van der Waals surface area (Å²) >= 11 is 0.886. The Kier molecular flexibility index (Phi) is 6.41. The SMILES string of the molecule is COc1ccc(-c2nnc(Sc3ccc(S(=O)(=O)N4CCOCC4)cc3[N+](=O)[O-])o2)cc1. The van der Waals surface area contributed by atoms with Crippen molar-refractivity contribution in [1.29, 1.82) is 0 Å². The van der Waals surface area contributed by atoms with E-state index in [-0.39, 0.29) is 52.9 Å². The van der Waals surface area contributed by atoms with E-state index < -0.39 is 14.9 Å². The number of nitrogens with zero attached hydrogens (tertiary/aromatic N) is 4. The number of nitro groups is 1. The van der Waals surface area contributed by atoms with Crippen molar-refractivity contribution >= 4 is 27.5 Å². The van der Waals surface area contributed by atoms with Crippen molar-refractivity contribution in [3.63, 3.8) is 0 Å². The van der Waals surface area contributed by atoms with Gasteiger partial charge in [-0.15, -0.1) is 10.2 Å². The van der Waals surface area contributed by atoms with Crippen LogP contribution >= 0.6 is 11.8 Å². The number of methoxy groups -OCH3 is 1. The number of ether oxygens (including phenoxy) is 2. The highest BCUT2D eigenvalue weighted by Gasteiger charge is 2.29. The first-order valence-electron chi connectivity index (χ1n) is 9.40. The van der Waals surface area contributed by atoms with Gasteiger partial charge in [0.2, 0.25) is 15.9 Å². The zero-order valence-electron chi connectivity index (χ0n) is 16.8. The molecule has 32 heavy (non-hydrogen) atoms. The van der Waals surface area contributed by atoms with E-state index in [9.17, 15) is 18.5 Å². The molecular formula is C19H18N4O7S2. The Morgan fingerprint density at radius 1 is 1.12 bits per heavy atom. The lowest BCUT2D eigenvalue weighted by atomic mass is 10.2. The minimum absolute atomic E-state index is 0.0858. The molecule has 0 bridgehead atoms. The van der Waals surface area contributed by atoms with Crippen molar-refractivity contribution in [2.45, 2.75) is 15.0 Å². The molecule has 3 aromatic rings. The third-order valence-electron chi connectivity index (χ3n) is 4.68. The first kappa shape index (κ1) is 22.2. The molecule has 0 unspecified atom stereocenters. The standard InChI is InChI=1S/C19H18N4O7S2/c1-28-14-4-2-13(3-5-14)18-20-21-19(30-18)31-17-7-6-15(12-16(17)23(24)25)32(26,27)22-8-10-29-11-9-22/h2-7,12H,8-11H2,1H3. The van der Waals surface area contributed by atoms with Crippen molar-refractivity contribution in [2.75, 3.05) is 33.4 Å². The smallest absolute Gasteiger partial charge is 0.284 e. The van der Waals surface area contributed by atoms with E-state index in [1.54, 1.807) is 31.4 Å². The maximum atomic E-state index is 12.8. The van der Waals surface area contributed by atoms with Crippen LogP contribution in [0, 0.1) is 10.1 Å². The lowest BCUT2D eigenvalue weighted by molar-refractivity contribution is -0.388. The van der Waals surface area contributed by atoms with Crippen molar-refractivity contribution in [1.82, 2.24) is 14.5 Å². The molecule has 0 spiro atoms. The molecule has 0 saturated carbocycles. The number of rotatable bonds is 7. The molecule has 2 aromatic carbocycles. The van der Waals surface area contributed by atoms with Gasteiger partial charge in [0.15, 0.2) is 0 Å². The van der Waals surface area contributed by atoms with Gasteiger partial charge in [-0.2, -0.15) is 4.31 Å². The lowest BCUT2D eigenvalue weighted by Crippen LogP contribution is -2.40. The molecule has 1 fully saturated rings. The number of sulfonamides is 1. The van der Waals surface area contributed by atoms with Crippen LogP contribution in [-0.4, -0.2) is 61.3 Å². The topological polar surface area (TPSA) is 138 Å². The van der Waals surface area contributed by atoms with Crippen LogP contribution in [0.4, 0.5) is 5.69 Å². The van der Waals surface area contributed by atoms with Crippen molar-refractivity contribution in [2.24, 2.45) is 0 Å². The summed E-state index contributed by atoms with van der Waals surface area (Å²) in [7, 11) is -2.31. The van der Waals surface area contributed by atoms with Crippen molar-refractivity contribution < 1.29 is 27.2 Å². The van der Waals surface area contributed by atoms with Gasteiger partial charge < -0.3 is 13.9 Å². The van der Waals surface area contributed by atoms with E-state index in [2.05, 4.69) is 10.2 Å². The van der Waals surface area contributed by atoms with Gasteiger partial charge in [-0.25, -0.2) is 8.42 Å². The predicted molar refractivity (Wildman–Crippen MR) is 113 cm³/mol. The number of hydrogen-bond donors (Lipinski definition) is 0. The molecule has 1 aliphatic heterocycles. The zero-order chi connectivity index (χ0) is 22.7. The van der Waals surface area contributed by atoms with Crippen LogP contribution in [0.25, 0.3) is 11.5 Å². The number of morpholine rings is 1. The highest BCUT2D eigenvalue weighted by atomic mass is 32.2. The molecule has 4 rings (SSSR count). The highest BCUT2D eigenvalue weighted by Crippen LogP contribution is 2.37. The van der Waals surface area contributed by atoms with Gasteiger partial charge in [0, 0.05) is 24.7 Å². The Balaban J connectivity index is 1.59. The van der Waals surface area contributed by atoms with E-state index >= 15 is 0 Å². The van der Waals surface area contributed by atoms with Gasteiger partial charge in [0.25, 0.3) is 10.9 Å². The predicted octanol–water partition coefficient (Wildman–Crippen LogP) is 2.83. The molecule has 168 valence electrons. The summed E-state index contributed by atoms with van der Waals surface area (Å²) in [4.78, 5) is 11.0. The van der Waals surface area contributed by atoms with E-state index in [4.69, 9.17) is 13.9 Å². The fourth-order valence-electron chi connectivity index (χ4n) is 3.02. The molecule has 13 heteroatoms. The Labute approximate surface area is 187 Å². The molecular weight excluding hydrogens is 460 g/mol. The van der Waals surface area contributed by atoms with Crippen LogP contribution in [0.2, 0.25) is 0 Å². The molecule has 1 aliphatic rings. The second-order valence-electron chi connectivity index (χ2n) is 6.61. The maximum absolute atomic E-state index is 12.8. The normalized spacial score (nSPS) is 14.9. The summed E-state index contributed by atoms with van der Waals surface area (Å²) in [5.41, 5.74) is 0.292. The molecule has 1 saturated heterocycles. The van der Waals surface area contributed by atoms with Crippen LogP contribution in [0.15, 0.2) is 61.9 Å². The second-order valence-corrected chi connectivity index (χ2v) is 9.54. The summed E-state index contributed by atoms with van der Waals surface area (Å²) in [6.45, 7) is 0.956. The summed E-state index contributed by atoms with van der Waals surface area (Å²) in [5.74, 6) is 0.912. The van der Waals surface area contributed by atoms with E-state index in [1.165, 1.54) is 16.4 Å². The number of benzene rings is 2. The summed E-state index contributed by atoms with van der Waals surface area (Å²) in [6, 6.07) is 10.7. The fraction of sp³-hybridized carbons (Fsp3) is 0.263. The first-order chi connectivity index (χ1) is 15.4. The fourth-order valence-corrected chi connectivity index (χ4v) is 5.21. The largest absolute Gasteiger partial charge is 0.497 e. The van der Waals surface area contributed by atoms with Gasteiger partial charge in [-0.3, -0.25) is 10.1 Å². The van der Waals surface area contributed by atoms with E-state index in [1.807, 2.05) is 0 Å². The molecule has 1 aromatic heterocycles. The lowest BCUT2D eigenvalue weighted by Gasteiger charge is -2.26. The summed E-state index contributed by atoms with van der Waals surface area (Å²) in [5, 5.41) is 19.6. The van der Waals surface area contributed by atoms with Crippen LogP contribution < -0.4 is 4.74 Å². The van der Waals surface area contributed by atoms with Crippen LogP contribution in [0.1, 0.15) is 0 Å². The van der Waals surface area contributed by atoms with Gasteiger partial charge in [0.1, 0.15) is 5.75 Å². The average Bonchev–Trinajstić information content (AvgIpc) is 3.28. The van der Waals surface area contributed by atoms with E-state index in [0.717, 1.165) is 17.8 Å². The summed E-state index contributed by atoms with van der Waals surface area (Å²) in [6.07, 6.45) is 0. The Morgan fingerprint density at radius 2 is 1.84 bits per heavy atom.